The molecule has 1 N–H and O–H groups in total. The van der Waals surface area contributed by atoms with Gasteiger partial charge in [-0.25, -0.2) is 4.39 Å². The minimum Gasteiger partial charge on any atom is -0.389 e. The van der Waals surface area contributed by atoms with Crippen LogP contribution in [0, 0.1) is 5.82 Å². The molecule has 1 aliphatic rings. The van der Waals surface area contributed by atoms with Gasteiger partial charge in [0.05, 0.1) is 5.60 Å². The molecule has 0 spiro atoms. The van der Waals surface area contributed by atoms with Gasteiger partial charge in [0.25, 0.3) is 0 Å². The second-order valence-electron chi connectivity index (χ2n) is 5.77. The number of rotatable bonds is 3. The third-order valence-corrected chi connectivity index (χ3v) is 4.73. The van der Waals surface area contributed by atoms with Gasteiger partial charge in [-0.3, -0.25) is 0 Å². The Morgan fingerprint density at radius 3 is 2.53 bits per heavy atom. The van der Waals surface area contributed by atoms with Crippen LogP contribution in [0.3, 0.4) is 0 Å². The highest BCUT2D eigenvalue weighted by Crippen LogP contribution is 2.30. The fourth-order valence-corrected chi connectivity index (χ4v) is 3.14. The molecule has 1 aromatic rings. The van der Waals surface area contributed by atoms with Crippen LogP contribution in [0.4, 0.5) is 4.39 Å². The first-order valence-corrected chi connectivity index (χ1v) is 7.59. The smallest absolute Gasteiger partial charge is 0.124 e. The van der Waals surface area contributed by atoms with Crippen LogP contribution in [0.2, 0.25) is 0 Å². The van der Waals surface area contributed by atoms with Crippen LogP contribution in [0.15, 0.2) is 22.7 Å². The summed E-state index contributed by atoms with van der Waals surface area (Å²) in [7, 11) is 0. The lowest BCUT2D eigenvalue weighted by molar-refractivity contribution is -0.0272. The number of aliphatic hydroxyl groups is 1. The third kappa shape index (κ3) is 3.77. The highest BCUT2D eigenvalue weighted by atomic mass is 79.9. The average Bonchev–Trinajstić information content (AvgIpc) is 2.33. The maximum atomic E-state index is 13.1. The highest BCUT2D eigenvalue weighted by molar-refractivity contribution is 9.10. The minimum absolute atomic E-state index is 0.253. The molecule has 1 aromatic carbocycles. The summed E-state index contributed by atoms with van der Waals surface area (Å²) in [5.74, 6) is -0.253. The molecule has 1 fully saturated rings. The molecular formula is C15H21BrFNO. The van der Waals surface area contributed by atoms with Crippen LogP contribution >= 0.6 is 15.9 Å². The number of benzene rings is 1. The van der Waals surface area contributed by atoms with E-state index in [0.717, 1.165) is 36.0 Å². The zero-order valence-electron chi connectivity index (χ0n) is 11.5. The van der Waals surface area contributed by atoms with Crippen molar-refractivity contribution in [2.75, 3.05) is 13.1 Å². The minimum atomic E-state index is -0.661. The molecule has 19 heavy (non-hydrogen) atoms. The zero-order valence-corrected chi connectivity index (χ0v) is 13.1. The van der Waals surface area contributed by atoms with Crippen molar-refractivity contribution in [3.8, 4) is 0 Å². The first kappa shape index (κ1) is 14.9. The molecule has 4 heteroatoms. The Hall–Kier alpha value is -0.450. The van der Waals surface area contributed by atoms with Crippen molar-refractivity contribution in [2.45, 2.75) is 44.8 Å². The molecule has 0 bridgehead atoms. The number of halogens is 2. The van der Waals surface area contributed by atoms with Crippen LogP contribution in [0.25, 0.3) is 0 Å². The van der Waals surface area contributed by atoms with Crippen molar-refractivity contribution in [1.29, 1.82) is 0 Å². The molecule has 0 aromatic heterocycles. The van der Waals surface area contributed by atoms with E-state index in [-0.39, 0.29) is 5.82 Å². The number of hydrogen-bond donors (Lipinski definition) is 1. The topological polar surface area (TPSA) is 23.5 Å². The quantitative estimate of drug-likeness (QED) is 0.919. The summed E-state index contributed by atoms with van der Waals surface area (Å²) >= 11 is 3.37. The SMILES string of the molecule is CC(C)N1CCC(O)(Cc2ccc(F)cc2Br)CC1. The van der Waals surface area contributed by atoms with E-state index in [1.54, 1.807) is 6.07 Å². The molecule has 1 heterocycles. The van der Waals surface area contributed by atoms with E-state index in [4.69, 9.17) is 0 Å². The molecule has 0 atom stereocenters. The molecule has 2 nitrogen and oxygen atoms in total. The molecule has 0 unspecified atom stereocenters. The van der Waals surface area contributed by atoms with Crippen molar-refractivity contribution < 1.29 is 9.50 Å². The summed E-state index contributed by atoms with van der Waals surface area (Å²) in [5.41, 5.74) is 0.313. The van der Waals surface area contributed by atoms with Gasteiger partial charge in [0.15, 0.2) is 0 Å². The summed E-state index contributed by atoms with van der Waals surface area (Å²) in [6, 6.07) is 5.20. The van der Waals surface area contributed by atoms with Gasteiger partial charge in [0.2, 0.25) is 0 Å². The molecule has 2 rings (SSSR count). The number of piperidine rings is 1. The Kier molecular flexibility index (Phi) is 4.64. The Morgan fingerprint density at radius 2 is 2.00 bits per heavy atom. The first-order chi connectivity index (χ1) is 8.89. The maximum Gasteiger partial charge on any atom is 0.124 e. The second kappa shape index (κ2) is 5.90. The van der Waals surface area contributed by atoms with Gasteiger partial charge in [-0.2, -0.15) is 0 Å². The van der Waals surface area contributed by atoms with E-state index in [2.05, 4.69) is 34.7 Å². The van der Waals surface area contributed by atoms with Gasteiger partial charge in [-0.15, -0.1) is 0 Å². The van der Waals surface area contributed by atoms with Crippen LogP contribution in [0.1, 0.15) is 32.3 Å². The fraction of sp³-hybridized carbons (Fsp3) is 0.600. The van der Waals surface area contributed by atoms with Gasteiger partial charge in [-0.05, 0) is 44.4 Å². The standard InChI is InChI=1S/C15H21BrFNO/c1-11(2)18-7-5-15(19,6-8-18)10-12-3-4-13(17)9-14(12)16/h3-4,9,11,19H,5-8,10H2,1-2H3. The van der Waals surface area contributed by atoms with Crippen LogP contribution in [-0.4, -0.2) is 34.7 Å². The molecule has 1 aliphatic heterocycles. The Labute approximate surface area is 122 Å². The van der Waals surface area contributed by atoms with Crippen LogP contribution in [-0.2, 0) is 6.42 Å². The molecule has 106 valence electrons. The lowest BCUT2D eigenvalue weighted by Crippen LogP contribution is -2.47. The summed E-state index contributed by atoms with van der Waals surface area (Å²) in [4.78, 5) is 2.38. The predicted octanol–water partition coefficient (Wildman–Crippen LogP) is 3.37. The Bertz CT molecular complexity index is 442. The van der Waals surface area contributed by atoms with E-state index in [1.165, 1.54) is 12.1 Å². The molecule has 0 amide bonds. The highest BCUT2D eigenvalue weighted by Gasteiger charge is 2.33. The van der Waals surface area contributed by atoms with Crippen LogP contribution in [0.5, 0.6) is 0 Å². The monoisotopic (exact) mass is 329 g/mol. The van der Waals surface area contributed by atoms with Gasteiger partial charge < -0.3 is 10.0 Å². The van der Waals surface area contributed by atoms with Gasteiger partial charge in [0.1, 0.15) is 5.82 Å². The molecular weight excluding hydrogens is 309 g/mol. The van der Waals surface area contributed by atoms with E-state index < -0.39 is 5.60 Å². The normalized spacial score (nSPS) is 19.9. The maximum absolute atomic E-state index is 13.1. The van der Waals surface area contributed by atoms with Crippen molar-refractivity contribution in [2.24, 2.45) is 0 Å². The number of nitrogens with zero attached hydrogens (tertiary/aromatic N) is 1. The van der Waals surface area contributed by atoms with E-state index in [9.17, 15) is 9.50 Å². The summed E-state index contributed by atoms with van der Waals surface area (Å²) in [6.45, 7) is 6.21. The molecule has 1 saturated heterocycles. The number of hydrogen-bond acceptors (Lipinski definition) is 2. The lowest BCUT2D eigenvalue weighted by Gasteiger charge is -2.40. The van der Waals surface area contributed by atoms with E-state index in [0.29, 0.717) is 12.5 Å². The Morgan fingerprint density at radius 1 is 1.37 bits per heavy atom. The van der Waals surface area contributed by atoms with Crippen molar-refractivity contribution >= 4 is 15.9 Å². The van der Waals surface area contributed by atoms with Gasteiger partial charge in [-0.1, -0.05) is 22.0 Å². The van der Waals surface area contributed by atoms with Crippen molar-refractivity contribution in [3.05, 3.63) is 34.1 Å². The second-order valence-corrected chi connectivity index (χ2v) is 6.62. The first-order valence-electron chi connectivity index (χ1n) is 6.80. The van der Waals surface area contributed by atoms with Gasteiger partial charge in [0, 0.05) is 30.0 Å². The van der Waals surface area contributed by atoms with E-state index in [1.807, 2.05) is 0 Å². The van der Waals surface area contributed by atoms with Crippen molar-refractivity contribution in [1.82, 2.24) is 4.90 Å². The largest absolute Gasteiger partial charge is 0.389 e. The van der Waals surface area contributed by atoms with Crippen LogP contribution < -0.4 is 0 Å². The van der Waals surface area contributed by atoms with Crippen molar-refractivity contribution in [3.63, 3.8) is 0 Å². The fourth-order valence-electron chi connectivity index (χ4n) is 2.65. The summed E-state index contributed by atoms with van der Waals surface area (Å²) in [5, 5.41) is 10.7. The third-order valence-electron chi connectivity index (χ3n) is 3.99. The summed E-state index contributed by atoms with van der Waals surface area (Å²) < 4.78 is 13.8. The molecule has 0 aliphatic carbocycles. The van der Waals surface area contributed by atoms with E-state index >= 15 is 0 Å². The molecule has 0 radical (unpaired) electrons. The average molecular weight is 330 g/mol. The Balaban J connectivity index is 2.03. The molecule has 0 saturated carbocycles. The predicted molar refractivity (Wildman–Crippen MR) is 78.7 cm³/mol. The van der Waals surface area contributed by atoms with Gasteiger partial charge >= 0.3 is 0 Å². The number of likely N-dealkylation sites (tertiary alicyclic amines) is 1. The zero-order chi connectivity index (χ0) is 14.0. The lowest BCUT2D eigenvalue weighted by atomic mass is 9.85. The summed E-state index contributed by atoms with van der Waals surface area (Å²) in [6.07, 6.45) is 2.13.